The number of hydrogen-bond acceptors (Lipinski definition) is 9. The van der Waals surface area contributed by atoms with Gasteiger partial charge in [-0.05, 0) is 64.5 Å². The van der Waals surface area contributed by atoms with E-state index in [9.17, 15) is 9.59 Å². The van der Waals surface area contributed by atoms with Gasteiger partial charge in [0, 0.05) is 5.56 Å². The Balaban J connectivity index is 1.94. The van der Waals surface area contributed by atoms with Crippen molar-refractivity contribution in [1.82, 2.24) is 4.57 Å². The largest absolute Gasteiger partial charge is 0.491 e. The Morgan fingerprint density at radius 1 is 1.20 bits per heavy atom. The molecule has 41 heavy (non-hydrogen) atoms. The van der Waals surface area contributed by atoms with Gasteiger partial charge in [0.15, 0.2) is 22.9 Å². The van der Waals surface area contributed by atoms with Gasteiger partial charge in [-0.1, -0.05) is 41.1 Å². The SMILES string of the molecule is CCOC(=O)C1=C(C)N=c2s/c(=C/c3cc(Cl)c(OCC#N)c(OCC)c3)c(=O)n2[C@H]1c1ccccc1OC(C)C. The van der Waals surface area contributed by atoms with E-state index < -0.39 is 12.0 Å². The molecule has 0 radical (unpaired) electrons. The first-order valence-corrected chi connectivity index (χ1v) is 14.3. The van der Waals surface area contributed by atoms with E-state index in [1.165, 1.54) is 15.9 Å². The van der Waals surface area contributed by atoms with Crippen LogP contribution >= 0.6 is 22.9 Å². The normalized spacial score (nSPS) is 14.8. The molecule has 4 rings (SSSR count). The van der Waals surface area contributed by atoms with E-state index in [4.69, 9.17) is 35.8 Å². The lowest BCUT2D eigenvalue weighted by molar-refractivity contribution is -0.139. The minimum absolute atomic E-state index is 0.132. The minimum Gasteiger partial charge on any atom is -0.491 e. The molecule has 3 aromatic rings. The number of hydrogen-bond donors (Lipinski definition) is 0. The molecule has 1 aliphatic rings. The summed E-state index contributed by atoms with van der Waals surface area (Å²) in [5.74, 6) is 0.616. The molecule has 0 spiro atoms. The number of para-hydroxylation sites is 1. The predicted octanol–water partition coefficient (Wildman–Crippen LogP) is 4.54. The van der Waals surface area contributed by atoms with Crippen molar-refractivity contribution in [3.8, 4) is 23.3 Å². The van der Waals surface area contributed by atoms with Crippen molar-refractivity contribution in [1.29, 1.82) is 5.26 Å². The molecule has 0 saturated carbocycles. The number of benzene rings is 2. The molecule has 0 fully saturated rings. The Bertz CT molecular complexity index is 1720. The van der Waals surface area contributed by atoms with E-state index in [1.807, 2.05) is 51.1 Å². The topological polar surface area (TPSA) is 112 Å². The number of ether oxygens (including phenoxy) is 4. The summed E-state index contributed by atoms with van der Waals surface area (Å²) < 4.78 is 24.5. The fourth-order valence-electron chi connectivity index (χ4n) is 4.48. The second-order valence-electron chi connectivity index (χ2n) is 9.22. The second kappa shape index (κ2) is 13.1. The van der Waals surface area contributed by atoms with Crippen LogP contribution in [0, 0.1) is 11.3 Å². The van der Waals surface area contributed by atoms with Crippen LogP contribution in [0.1, 0.15) is 51.8 Å². The highest BCUT2D eigenvalue weighted by molar-refractivity contribution is 7.07. The Morgan fingerprint density at radius 3 is 2.63 bits per heavy atom. The zero-order valence-corrected chi connectivity index (χ0v) is 25.0. The molecule has 11 heteroatoms. The van der Waals surface area contributed by atoms with Crippen LogP contribution < -0.4 is 29.1 Å². The number of allylic oxidation sites excluding steroid dienone is 1. The quantitative estimate of drug-likeness (QED) is 0.316. The van der Waals surface area contributed by atoms with Gasteiger partial charge < -0.3 is 18.9 Å². The number of nitriles is 1. The molecule has 1 aliphatic heterocycles. The van der Waals surface area contributed by atoms with E-state index >= 15 is 0 Å². The summed E-state index contributed by atoms with van der Waals surface area (Å²) in [5.41, 5.74) is 1.63. The van der Waals surface area contributed by atoms with Gasteiger partial charge in [-0.15, -0.1) is 0 Å². The van der Waals surface area contributed by atoms with Crippen LogP contribution in [0.25, 0.3) is 6.08 Å². The predicted molar refractivity (Wildman–Crippen MR) is 156 cm³/mol. The Morgan fingerprint density at radius 2 is 1.95 bits per heavy atom. The number of esters is 1. The van der Waals surface area contributed by atoms with E-state index in [0.29, 0.717) is 44.3 Å². The van der Waals surface area contributed by atoms with Gasteiger partial charge in [-0.25, -0.2) is 9.79 Å². The number of fused-ring (bicyclic) bond motifs is 1. The first kappa shape index (κ1) is 29.9. The van der Waals surface area contributed by atoms with Gasteiger partial charge >= 0.3 is 5.97 Å². The number of carbonyl (C=O) groups is 1. The maximum absolute atomic E-state index is 14.0. The maximum atomic E-state index is 14.0. The number of halogens is 1. The first-order valence-electron chi connectivity index (χ1n) is 13.1. The third-order valence-corrected chi connectivity index (χ3v) is 7.27. The molecule has 0 saturated heterocycles. The van der Waals surface area contributed by atoms with Crippen molar-refractivity contribution in [2.45, 2.75) is 46.8 Å². The highest BCUT2D eigenvalue weighted by Crippen LogP contribution is 2.38. The van der Waals surface area contributed by atoms with Crippen LogP contribution in [0.3, 0.4) is 0 Å². The number of aromatic nitrogens is 1. The second-order valence-corrected chi connectivity index (χ2v) is 10.6. The summed E-state index contributed by atoms with van der Waals surface area (Å²) in [6.07, 6.45) is 1.55. The fraction of sp³-hybridized carbons (Fsp3) is 0.333. The smallest absolute Gasteiger partial charge is 0.338 e. The Kier molecular flexibility index (Phi) is 9.53. The monoisotopic (exact) mass is 595 g/mol. The number of thiazole rings is 1. The molecule has 0 bridgehead atoms. The first-order chi connectivity index (χ1) is 19.7. The van der Waals surface area contributed by atoms with Crippen molar-refractivity contribution < 1.29 is 23.7 Å². The molecule has 9 nitrogen and oxygen atoms in total. The average Bonchev–Trinajstić information content (AvgIpc) is 3.22. The summed E-state index contributed by atoms with van der Waals surface area (Å²) in [6, 6.07) is 11.8. The maximum Gasteiger partial charge on any atom is 0.338 e. The van der Waals surface area contributed by atoms with Gasteiger partial charge in [-0.3, -0.25) is 9.36 Å². The van der Waals surface area contributed by atoms with Crippen molar-refractivity contribution >= 4 is 35.0 Å². The summed E-state index contributed by atoms with van der Waals surface area (Å²) in [7, 11) is 0. The van der Waals surface area contributed by atoms with Gasteiger partial charge in [-0.2, -0.15) is 5.26 Å². The molecule has 0 unspecified atom stereocenters. The van der Waals surface area contributed by atoms with Crippen LogP contribution in [0.2, 0.25) is 5.02 Å². The van der Waals surface area contributed by atoms with Crippen LogP contribution in [-0.2, 0) is 9.53 Å². The van der Waals surface area contributed by atoms with E-state index in [1.54, 1.807) is 32.1 Å². The van der Waals surface area contributed by atoms with Crippen LogP contribution in [0.4, 0.5) is 0 Å². The molecule has 2 heterocycles. The van der Waals surface area contributed by atoms with Crippen molar-refractivity contribution in [2.24, 2.45) is 4.99 Å². The van der Waals surface area contributed by atoms with E-state index in [-0.39, 0.29) is 41.2 Å². The highest BCUT2D eigenvalue weighted by atomic mass is 35.5. The zero-order chi connectivity index (χ0) is 29.7. The Hall–Kier alpha value is -4.07. The lowest BCUT2D eigenvalue weighted by Crippen LogP contribution is -2.40. The molecular formula is C30H30ClN3O6S. The van der Waals surface area contributed by atoms with Crippen molar-refractivity contribution in [2.75, 3.05) is 19.8 Å². The van der Waals surface area contributed by atoms with Crippen molar-refractivity contribution in [3.63, 3.8) is 0 Å². The summed E-state index contributed by atoms with van der Waals surface area (Å²) in [5, 5.41) is 9.15. The molecule has 0 aliphatic carbocycles. The molecular weight excluding hydrogens is 566 g/mol. The fourth-order valence-corrected chi connectivity index (χ4v) is 5.80. The van der Waals surface area contributed by atoms with E-state index in [2.05, 4.69) is 4.99 Å². The van der Waals surface area contributed by atoms with Gasteiger partial charge in [0.1, 0.15) is 17.9 Å². The molecule has 1 aromatic heterocycles. The number of nitrogens with zero attached hydrogens (tertiary/aromatic N) is 3. The van der Waals surface area contributed by atoms with Crippen LogP contribution in [-0.4, -0.2) is 36.5 Å². The summed E-state index contributed by atoms with van der Waals surface area (Å²) in [4.78, 5) is 32.3. The number of rotatable bonds is 10. The molecule has 0 amide bonds. The molecule has 0 N–H and O–H groups in total. The minimum atomic E-state index is -0.813. The zero-order valence-electron chi connectivity index (χ0n) is 23.4. The molecule has 214 valence electrons. The van der Waals surface area contributed by atoms with Crippen LogP contribution in [0.15, 0.2) is 57.5 Å². The summed E-state index contributed by atoms with van der Waals surface area (Å²) in [6.45, 7) is 9.43. The molecule has 1 atom stereocenters. The number of carbonyl (C=O) groups excluding carboxylic acids is 1. The van der Waals surface area contributed by atoms with E-state index in [0.717, 1.165) is 0 Å². The standard InChI is InChI=1S/C30H30ClN3O6S/c1-6-37-23-15-19(14-21(31)27(23)39-13-12-32)16-24-28(35)34-26(20-10-8-9-11-22(20)40-17(3)4)25(29(36)38-7-2)18(5)33-30(34)41-24/h8-11,14-17,26H,6-7,13H2,1-5H3/b24-16+/t26-/m0/s1. The third-order valence-electron chi connectivity index (χ3n) is 6.00. The third kappa shape index (κ3) is 6.32. The summed E-state index contributed by atoms with van der Waals surface area (Å²) >= 11 is 7.67. The van der Waals surface area contributed by atoms with Crippen molar-refractivity contribution in [3.05, 3.63) is 83.5 Å². The lowest BCUT2D eigenvalue weighted by atomic mass is 9.95. The average molecular weight is 596 g/mol. The Labute approximate surface area is 246 Å². The van der Waals surface area contributed by atoms with Gasteiger partial charge in [0.2, 0.25) is 0 Å². The lowest BCUT2D eigenvalue weighted by Gasteiger charge is -2.26. The van der Waals surface area contributed by atoms with Gasteiger partial charge in [0.25, 0.3) is 5.56 Å². The van der Waals surface area contributed by atoms with Crippen LogP contribution in [0.5, 0.6) is 17.2 Å². The molecule has 2 aromatic carbocycles. The highest BCUT2D eigenvalue weighted by Gasteiger charge is 2.35. The van der Waals surface area contributed by atoms with Gasteiger partial charge in [0.05, 0.1) is 40.1 Å².